The number of halogens is 2. The molecule has 0 radical (unpaired) electrons. The minimum atomic E-state index is -0.673. The summed E-state index contributed by atoms with van der Waals surface area (Å²) in [6, 6.07) is 6.78. The number of piperazine rings is 1. The monoisotopic (exact) mass is 488 g/mol. The van der Waals surface area contributed by atoms with Crippen molar-refractivity contribution < 1.29 is 18.7 Å². The Bertz CT molecular complexity index is 1040. The Kier molecular flexibility index (Phi) is 7.80. The van der Waals surface area contributed by atoms with E-state index >= 15 is 0 Å². The van der Waals surface area contributed by atoms with Crippen LogP contribution in [-0.4, -0.2) is 65.0 Å². The van der Waals surface area contributed by atoms with Crippen molar-refractivity contribution in [3.8, 4) is 0 Å². The molecular weight excluding hydrogens is 459 g/mol. The number of alkyl halides is 1. The van der Waals surface area contributed by atoms with Gasteiger partial charge in [0.1, 0.15) is 12.8 Å². The molecule has 1 N–H and O–H groups in total. The van der Waals surface area contributed by atoms with Gasteiger partial charge in [0.05, 0.1) is 11.3 Å². The fourth-order valence-corrected chi connectivity index (χ4v) is 4.81. The van der Waals surface area contributed by atoms with Crippen molar-refractivity contribution >= 4 is 29.1 Å². The third kappa shape index (κ3) is 5.56. The molecule has 182 valence electrons. The molecule has 7 nitrogen and oxygen atoms in total. The van der Waals surface area contributed by atoms with E-state index in [0.717, 1.165) is 37.1 Å². The number of pyridine rings is 1. The Morgan fingerprint density at radius 1 is 1.29 bits per heavy atom. The number of carbonyl (C=O) groups excluding carboxylic acids is 2. The molecule has 2 fully saturated rings. The van der Waals surface area contributed by atoms with Crippen LogP contribution in [0.3, 0.4) is 0 Å². The van der Waals surface area contributed by atoms with E-state index in [4.69, 9.17) is 16.3 Å². The zero-order valence-corrected chi connectivity index (χ0v) is 20.3. The summed E-state index contributed by atoms with van der Waals surface area (Å²) in [5, 5.41) is 3.43. The van der Waals surface area contributed by atoms with Crippen molar-refractivity contribution in [3.05, 3.63) is 57.9 Å². The van der Waals surface area contributed by atoms with Gasteiger partial charge in [-0.15, -0.1) is 0 Å². The maximum absolute atomic E-state index is 12.8. The summed E-state index contributed by atoms with van der Waals surface area (Å²) in [4.78, 5) is 33.6. The van der Waals surface area contributed by atoms with Crippen LogP contribution in [0.25, 0.3) is 0 Å². The van der Waals surface area contributed by atoms with Gasteiger partial charge in [-0.2, -0.15) is 0 Å². The Hall–Kier alpha value is -2.55. The molecule has 34 heavy (non-hydrogen) atoms. The second-order valence-electron chi connectivity index (χ2n) is 8.98. The smallest absolute Gasteiger partial charge is 0.257 e. The maximum Gasteiger partial charge on any atom is 0.257 e. The molecule has 0 saturated carbocycles. The molecule has 2 aliphatic heterocycles. The number of aromatic nitrogens is 1. The molecule has 0 spiro atoms. The van der Waals surface area contributed by atoms with Crippen LogP contribution in [-0.2, 0) is 22.8 Å². The van der Waals surface area contributed by atoms with Crippen LogP contribution < -0.4 is 5.32 Å². The van der Waals surface area contributed by atoms with Crippen LogP contribution in [0.4, 0.5) is 10.1 Å². The molecule has 2 saturated heterocycles. The van der Waals surface area contributed by atoms with Gasteiger partial charge in [0.2, 0.25) is 0 Å². The largest absolute Gasteiger partial charge is 0.368 e. The lowest BCUT2D eigenvalue weighted by Crippen LogP contribution is -2.55. The van der Waals surface area contributed by atoms with Crippen molar-refractivity contribution in [2.75, 3.05) is 31.6 Å². The van der Waals surface area contributed by atoms with Crippen LogP contribution in [0.1, 0.15) is 46.9 Å². The van der Waals surface area contributed by atoms with E-state index in [-0.39, 0.29) is 29.7 Å². The zero-order valence-electron chi connectivity index (χ0n) is 19.5. The highest BCUT2D eigenvalue weighted by molar-refractivity contribution is 6.31. The highest BCUT2D eigenvalue weighted by Crippen LogP contribution is 2.27. The summed E-state index contributed by atoms with van der Waals surface area (Å²) in [6.07, 6.45) is 2.82. The molecule has 0 unspecified atom stereocenters. The van der Waals surface area contributed by atoms with Gasteiger partial charge in [0.15, 0.2) is 0 Å². The minimum absolute atomic E-state index is 0.0869. The molecule has 4 rings (SSSR count). The van der Waals surface area contributed by atoms with Crippen LogP contribution in [0.2, 0.25) is 5.02 Å². The lowest BCUT2D eigenvalue weighted by molar-refractivity contribution is -0.145. The van der Waals surface area contributed by atoms with Crippen molar-refractivity contribution in [1.82, 2.24) is 14.8 Å². The Labute approximate surface area is 204 Å². The molecular formula is C25H30ClFN4O3. The first-order valence-corrected chi connectivity index (χ1v) is 12.0. The number of rotatable bonds is 6. The van der Waals surface area contributed by atoms with Crippen LogP contribution in [0.5, 0.6) is 0 Å². The van der Waals surface area contributed by atoms with Crippen molar-refractivity contribution in [2.45, 2.75) is 52.1 Å². The predicted octanol–water partition coefficient (Wildman–Crippen LogP) is 3.98. The van der Waals surface area contributed by atoms with E-state index in [0.29, 0.717) is 36.0 Å². The van der Waals surface area contributed by atoms with Gasteiger partial charge in [0, 0.05) is 55.7 Å². The molecule has 2 amide bonds. The normalized spacial score (nSPS) is 21.0. The number of amides is 2. The average molecular weight is 489 g/mol. The van der Waals surface area contributed by atoms with Gasteiger partial charge in [-0.05, 0) is 62.1 Å². The van der Waals surface area contributed by atoms with E-state index in [9.17, 15) is 14.0 Å². The molecule has 0 aliphatic carbocycles. The van der Waals surface area contributed by atoms with Crippen molar-refractivity contribution in [3.63, 3.8) is 0 Å². The number of nitrogens with zero attached hydrogens (tertiary/aromatic N) is 3. The summed E-state index contributed by atoms with van der Waals surface area (Å²) in [6.45, 7) is 6.83. The highest BCUT2D eigenvalue weighted by atomic mass is 35.5. The van der Waals surface area contributed by atoms with Crippen molar-refractivity contribution in [2.24, 2.45) is 0 Å². The number of nitrogens with one attached hydrogen (secondary N) is 1. The van der Waals surface area contributed by atoms with E-state index < -0.39 is 6.67 Å². The van der Waals surface area contributed by atoms with Gasteiger partial charge in [0.25, 0.3) is 11.8 Å². The second kappa shape index (κ2) is 10.8. The zero-order chi connectivity index (χ0) is 24.2. The molecule has 1 aromatic heterocycles. The average Bonchev–Trinajstić information content (AvgIpc) is 3.37. The molecule has 1 aromatic carbocycles. The van der Waals surface area contributed by atoms with Gasteiger partial charge >= 0.3 is 0 Å². The molecule has 9 heteroatoms. The van der Waals surface area contributed by atoms with E-state index in [1.54, 1.807) is 12.1 Å². The van der Waals surface area contributed by atoms with E-state index in [2.05, 4.69) is 22.1 Å². The molecule has 0 bridgehead atoms. The third-order valence-electron chi connectivity index (χ3n) is 6.55. The van der Waals surface area contributed by atoms with Gasteiger partial charge in [-0.25, -0.2) is 4.39 Å². The summed E-state index contributed by atoms with van der Waals surface area (Å²) in [7, 11) is 0. The first-order valence-electron chi connectivity index (χ1n) is 11.6. The van der Waals surface area contributed by atoms with Crippen LogP contribution in [0.15, 0.2) is 30.5 Å². The minimum Gasteiger partial charge on any atom is -0.368 e. The van der Waals surface area contributed by atoms with E-state index in [1.807, 2.05) is 17.9 Å². The number of benzene rings is 1. The Balaban J connectivity index is 1.41. The SMILES string of the molecule is Cc1c(CN2CCN(C(=O)[C@@H]3CCCO3)[C@@H](C)C2)cc(Cl)cc1NC(=O)c1ccc(CF)nc1. The number of anilines is 1. The van der Waals surface area contributed by atoms with E-state index in [1.165, 1.54) is 12.3 Å². The lowest BCUT2D eigenvalue weighted by Gasteiger charge is -2.41. The molecule has 2 aliphatic rings. The number of carbonyl (C=O) groups is 2. The van der Waals surface area contributed by atoms with Gasteiger partial charge in [-0.3, -0.25) is 19.5 Å². The summed E-state index contributed by atoms with van der Waals surface area (Å²) < 4.78 is 18.3. The quantitative estimate of drug-likeness (QED) is 0.665. The summed E-state index contributed by atoms with van der Waals surface area (Å²) in [5.41, 5.74) is 3.20. The molecule has 3 heterocycles. The third-order valence-corrected chi connectivity index (χ3v) is 6.76. The second-order valence-corrected chi connectivity index (χ2v) is 9.42. The Morgan fingerprint density at radius 3 is 2.76 bits per heavy atom. The standard InChI is InChI=1S/C25H30ClFN4O3/c1-16-14-30(7-8-31(16)25(33)23-4-3-9-34-23)15-19-10-20(26)11-22(17(19)2)29-24(32)18-5-6-21(12-27)28-13-18/h5-6,10-11,13,16,23H,3-4,7-9,12,14-15H2,1-2H3,(H,29,32)/t16-,23-/m0/s1. The first-order chi connectivity index (χ1) is 16.4. The number of ether oxygens (including phenoxy) is 1. The van der Waals surface area contributed by atoms with Crippen molar-refractivity contribution in [1.29, 1.82) is 0 Å². The molecule has 2 atom stereocenters. The Morgan fingerprint density at radius 2 is 2.12 bits per heavy atom. The fraction of sp³-hybridized carbons (Fsp3) is 0.480. The topological polar surface area (TPSA) is 74.8 Å². The number of hydrogen-bond donors (Lipinski definition) is 1. The summed E-state index contributed by atoms with van der Waals surface area (Å²) >= 11 is 6.38. The van der Waals surface area contributed by atoms with Crippen LogP contribution in [0, 0.1) is 6.92 Å². The molecule has 2 aromatic rings. The highest BCUT2D eigenvalue weighted by Gasteiger charge is 2.34. The first kappa shape index (κ1) is 24.6. The van der Waals surface area contributed by atoms with Gasteiger partial charge in [-0.1, -0.05) is 11.6 Å². The fourth-order valence-electron chi connectivity index (χ4n) is 4.56. The van der Waals surface area contributed by atoms with Crippen LogP contribution >= 0.6 is 11.6 Å². The maximum atomic E-state index is 12.8. The number of hydrogen-bond acceptors (Lipinski definition) is 5. The lowest BCUT2D eigenvalue weighted by atomic mass is 10.0. The predicted molar refractivity (Wildman–Crippen MR) is 129 cm³/mol. The van der Waals surface area contributed by atoms with Gasteiger partial charge < -0.3 is 15.0 Å². The summed E-state index contributed by atoms with van der Waals surface area (Å²) in [5.74, 6) is -0.230.